The standard InChI is InChI=1S/C9H17NO/c1-10-6-3-7-11-9-5-2-4-8(9)10/h8-9H,2-7H2,1H3/t8?,9-/m0/s1. The van der Waals surface area contributed by atoms with E-state index in [1.54, 1.807) is 0 Å². The van der Waals surface area contributed by atoms with Gasteiger partial charge in [0.05, 0.1) is 6.10 Å². The molecule has 0 N–H and O–H groups in total. The summed E-state index contributed by atoms with van der Waals surface area (Å²) in [6, 6.07) is 0.734. The van der Waals surface area contributed by atoms with Crippen molar-refractivity contribution < 1.29 is 4.74 Å². The minimum Gasteiger partial charge on any atom is -0.377 e. The smallest absolute Gasteiger partial charge is 0.0730 e. The zero-order chi connectivity index (χ0) is 7.68. The molecule has 1 aliphatic heterocycles. The van der Waals surface area contributed by atoms with Crippen molar-refractivity contribution >= 4 is 0 Å². The normalized spacial score (nSPS) is 40.1. The average Bonchev–Trinajstić information content (AvgIpc) is 2.40. The van der Waals surface area contributed by atoms with Gasteiger partial charge >= 0.3 is 0 Å². The van der Waals surface area contributed by atoms with E-state index in [4.69, 9.17) is 4.74 Å². The lowest BCUT2D eigenvalue weighted by Gasteiger charge is -2.25. The van der Waals surface area contributed by atoms with Crippen molar-refractivity contribution in [3.8, 4) is 0 Å². The van der Waals surface area contributed by atoms with E-state index >= 15 is 0 Å². The van der Waals surface area contributed by atoms with Gasteiger partial charge < -0.3 is 9.64 Å². The molecule has 2 heteroatoms. The third-order valence-electron chi connectivity index (χ3n) is 2.97. The summed E-state index contributed by atoms with van der Waals surface area (Å²) in [6.45, 7) is 2.20. The summed E-state index contributed by atoms with van der Waals surface area (Å²) in [5, 5.41) is 0. The molecule has 0 bridgehead atoms. The van der Waals surface area contributed by atoms with Crippen LogP contribution in [0, 0.1) is 0 Å². The highest BCUT2D eigenvalue weighted by atomic mass is 16.5. The summed E-state index contributed by atoms with van der Waals surface area (Å²) in [4.78, 5) is 2.48. The largest absolute Gasteiger partial charge is 0.377 e. The van der Waals surface area contributed by atoms with Crippen molar-refractivity contribution in [2.45, 2.75) is 37.8 Å². The highest BCUT2D eigenvalue weighted by Crippen LogP contribution is 2.27. The zero-order valence-corrected chi connectivity index (χ0v) is 7.25. The van der Waals surface area contributed by atoms with Crippen molar-refractivity contribution in [3.63, 3.8) is 0 Å². The van der Waals surface area contributed by atoms with Crippen molar-refractivity contribution in [2.24, 2.45) is 0 Å². The number of rotatable bonds is 0. The Balaban J connectivity index is 2.03. The Hall–Kier alpha value is -0.0800. The number of nitrogens with zero attached hydrogens (tertiary/aromatic N) is 1. The second-order valence-corrected chi connectivity index (χ2v) is 3.74. The number of fused-ring (bicyclic) bond motifs is 1. The predicted molar refractivity (Wildman–Crippen MR) is 44.6 cm³/mol. The minimum atomic E-state index is 0.558. The van der Waals surface area contributed by atoms with E-state index in [1.165, 1.54) is 32.2 Å². The van der Waals surface area contributed by atoms with Crippen LogP contribution in [-0.2, 0) is 4.74 Å². The first-order valence-electron chi connectivity index (χ1n) is 4.70. The number of likely N-dealkylation sites (N-methyl/N-ethyl adjacent to an activating group) is 1. The molecule has 2 aliphatic rings. The van der Waals surface area contributed by atoms with Gasteiger partial charge in [0.1, 0.15) is 0 Å². The summed E-state index contributed by atoms with van der Waals surface area (Å²) in [6.07, 6.45) is 5.77. The van der Waals surface area contributed by atoms with Gasteiger partial charge in [0, 0.05) is 19.2 Å². The molecular formula is C9H17NO. The third-order valence-corrected chi connectivity index (χ3v) is 2.97. The molecule has 2 rings (SSSR count). The zero-order valence-electron chi connectivity index (χ0n) is 7.25. The van der Waals surface area contributed by atoms with Crippen molar-refractivity contribution in [3.05, 3.63) is 0 Å². The Kier molecular flexibility index (Phi) is 2.14. The molecule has 11 heavy (non-hydrogen) atoms. The molecule has 1 heterocycles. The van der Waals surface area contributed by atoms with Crippen LogP contribution >= 0.6 is 0 Å². The van der Waals surface area contributed by atoms with Crippen LogP contribution in [0.25, 0.3) is 0 Å². The maximum atomic E-state index is 5.76. The van der Waals surface area contributed by atoms with E-state index < -0.39 is 0 Å². The molecule has 0 aromatic rings. The minimum absolute atomic E-state index is 0.558. The van der Waals surface area contributed by atoms with Gasteiger partial charge in [-0.05, 0) is 32.7 Å². The van der Waals surface area contributed by atoms with Crippen LogP contribution in [0.2, 0.25) is 0 Å². The molecule has 1 unspecified atom stereocenters. The fourth-order valence-electron chi connectivity index (χ4n) is 2.32. The Morgan fingerprint density at radius 1 is 1.27 bits per heavy atom. The maximum absolute atomic E-state index is 5.76. The molecule has 0 aromatic heterocycles. The van der Waals surface area contributed by atoms with Gasteiger partial charge in [0.15, 0.2) is 0 Å². The average molecular weight is 155 g/mol. The lowest BCUT2D eigenvalue weighted by Crippen LogP contribution is -2.36. The summed E-state index contributed by atoms with van der Waals surface area (Å²) >= 11 is 0. The van der Waals surface area contributed by atoms with Crippen LogP contribution in [0.5, 0.6) is 0 Å². The molecule has 1 saturated heterocycles. The Bertz CT molecular complexity index is 138. The monoisotopic (exact) mass is 155 g/mol. The molecule has 0 radical (unpaired) electrons. The molecule has 1 saturated carbocycles. The lowest BCUT2D eigenvalue weighted by atomic mass is 10.2. The Morgan fingerprint density at radius 3 is 3.09 bits per heavy atom. The van der Waals surface area contributed by atoms with Crippen LogP contribution in [0.1, 0.15) is 25.7 Å². The van der Waals surface area contributed by atoms with Crippen LogP contribution < -0.4 is 0 Å². The molecule has 2 atom stereocenters. The van der Waals surface area contributed by atoms with Crippen LogP contribution in [-0.4, -0.2) is 37.2 Å². The van der Waals surface area contributed by atoms with Crippen molar-refractivity contribution in [1.29, 1.82) is 0 Å². The number of hydrogen-bond acceptors (Lipinski definition) is 2. The van der Waals surface area contributed by atoms with Crippen LogP contribution in [0.4, 0.5) is 0 Å². The van der Waals surface area contributed by atoms with Crippen molar-refractivity contribution in [2.75, 3.05) is 20.2 Å². The molecule has 1 aliphatic carbocycles. The fraction of sp³-hybridized carbons (Fsp3) is 1.00. The van der Waals surface area contributed by atoms with Gasteiger partial charge in [0.25, 0.3) is 0 Å². The van der Waals surface area contributed by atoms with Gasteiger partial charge in [-0.25, -0.2) is 0 Å². The highest BCUT2D eigenvalue weighted by molar-refractivity contribution is 4.86. The van der Waals surface area contributed by atoms with E-state index in [9.17, 15) is 0 Å². The second-order valence-electron chi connectivity index (χ2n) is 3.74. The first-order valence-corrected chi connectivity index (χ1v) is 4.70. The molecule has 0 amide bonds. The lowest BCUT2D eigenvalue weighted by molar-refractivity contribution is 0.0387. The SMILES string of the molecule is CN1CCCO[C@H]2CCCC21. The maximum Gasteiger partial charge on any atom is 0.0730 e. The fourth-order valence-corrected chi connectivity index (χ4v) is 2.32. The van der Waals surface area contributed by atoms with Crippen LogP contribution in [0.3, 0.4) is 0 Å². The van der Waals surface area contributed by atoms with E-state index in [2.05, 4.69) is 11.9 Å². The molecule has 64 valence electrons. The van der Waals surface area contributed by atoms with E-state index in [0.717, 1.165) is 12.6 Å². The van der Waals surface area contributed by atoms with Crippen molar-refractivity contribution in [1.82, 2.24) is 4.90 Å². The summed E-state index contributed by atoms with van der Waals surface area (Å²) in [5.41, 5.74) is 0. The summed E-state index contributed by atoms with van der Waals surface area (Å²) < 4.78 is 5.76. The molecule has 2 nitrogen and oxygen atoms in total. The quantitative estimate of drug-likeness (QED) is 0.522. The van der Waals surface area contributed by atoms with Crippen LogP contribution in [0.15, 0.2) is 0 Å². The van der Waals surface area contributed by atoms with Gasteiger partial charge in [-0.3, -0.25) is 0 Å². The third kappa shape index (κ3) is 1.42. The van der Waals surface area contributed by atoms with Gasteiger partial charge in [-0.15, -0.1) is 0 Å². The topological polar surface area (TPSA) is 12.5 Å². The highest BCUT2D eigenvalue weighted by Gasteiger charge is 2.32. The molecular weight excluding hydrogens is 138 g/mol. The first kappa shape index (κ1) is 7.56. The molecule has 0 spiro atoms. The molecule has 2 fully saturated rings. The number of ether oxygens (including phenoxy) is 1. The molecule has 0 aromatic carbocycles. The Labute approximate surface area is 68.5 Å². The summed E-state index contributed by atoms with van der Waals surface area (Å²) in [7, 11) is 2.23. The van der Waals surface area contributed by atoms with Gasteiger partial charge in [0.2, 0.25) is 0 Å². The summed E-state index contributed by atoms with van der Waals surface area (Å²) in [5.74, 6) is 0. The van der Waals surface area contributed by atoms with Gasteiger partial charge in [-0.1, -0.05) is 0 Å². The Morgan fingerprint density at radius 2 is 2.18 bits per heavy atom. The second kappa shape index (κ2) is 3.11. The predicted octanol–water partition coefficient (Wildman–Crippen LogP) is 1.26. The first-order chi connectivity index (χ1) is 5.38. The van der Waals surface area contributed by atoms with E-state index in [-0.39, 0.29) is 0 Å². The van der Waals surface area contributed by atoms with E-state index in [1.807, 2.05) is 0 Å². The number of hydrogen-bond donors (Lipinski definition) is 0. The van der Waals surface area contributed by atoms with Gasteiger partial charge in [-0.2, -0.15) is 0 Å². The van der Waals surface area contributed by atoms with E-state index in [0.29, 0.717) is 6.10 Å².